The molecule has 3 heteroatoms. The van der Waals surface area contributed by atoms with Crippen molar-refractivity contribution < 1.29 is 5.11 Å². The van der Waals surface area contributed by atoms with Crippen LogP contribution in [-0.2, 0) is 6.54 Å². The molecule has 1 aromatic carbocycles. The molecular formula is C16H26N2O. The minimum absolute atomic E-state index is 0.175. The zero-order chi connectivity index (χ0) is 13.9. The largest absolute Gasteiger partial charge is 0.395 e. The van der Waals surface area contributed by atoms with Gasteiger partial charge >= 0.3 is 0 Å². The summed E-state index contributed by atoms with van der Waals surface area (Å²) in [4.78, 5) is 4.79. The first-order valence-electron chi connectivity index (χ1n) is 7.13. The van der Waals surface area contributed by atoms with E-state index in [-0.39, 0.29) is 18.2 Å². The van der Waals surface area contributed by atoms with Gasteiger partial charge < -0.3 is 5.11 Å². The van der Waals surface area contributed by atoms with Gasteiger partial charge in [0.05, 0.1) is 6.61 Å². The molecular weight excluding hydrogens is 236 g/mol. The molecule has 1 heterocycles. The summed E-state index contributed by atoms with van der Waals surface area (Å²) >= 11 is 0. The molecule has 1 fully saturated rings. The van der Waals surface area contributed by atoms with Crippen LogP contribution in [0.5, 0.6) is 0 Å². The van der Waals surface area contributed by atoms with E-state index in [1.807, 2.05) is 0 Å². The molecule has 19 heavy (non-hydrogen) atoms. The summed E-state index contributed by atoms with van der Waals surface area (Å²) in [5, 5.41) is 9.57. The highest BCUT2D eigenvalue weighted by Gasteiger charge is 2.33. The lowest BCUT2D eigenvalue weighted by Gasteiger charge is -2.38. The van der Waals surface area contributed by atoms with Crippen LogP contribution in [0.3, 0.4) is 0 Å². The highest BCUT2D eigenvalue weighted by atomic mass is 16.3. The number of benzene rings is 1. The number of nitrogens with zero attached hydrogens (tertiary/aromatic N) is 2. The van der Waals surface area contributed by atoms with Crippen molar-refractivity contribution in [1.29, 1.82) is 0 Å². The lowest BCUT2D eigenvalue weighted by Crippen LogP contribution is -2.47. The Labute approximate surface area is 116 Å². The fraction of sp³-hybridized carbons (Fsp3) is 0.625. The first-order chi connectivity index (χ1) is 9.03. The van der Waals surface area contributed by atoms with Gasteiger partial charge in [0.1, 0.15) is 0 Å². The summed E-state index contributed by atoms with van der Waals surface area (Å²) in [6, 6.07) is 10.8. The summed E-state index contributed by atoms with van der Waals surface area (Å²) in [5.41, 5.74) is 1.52. The van der Waals surface area contributed by atoms with Crippen molar-refractivity contribution in [2.75, 3.05) is 26.7 Å². The molecule has 0 saturated carbocycles. The van der Waals surface area contributed by atoms with Crippen LogP contribution in [-0.4, -0.2) is 53.2 Å². The zero-order valence-corrected chi connectivity index (χ0v) is 12.3. The molecule has 0 aliphatic carbocycles. The lowest BCUT2D eigenvalue weighted by atomic mass is 9.97. The molecule has 1 atom stereocenters. The summed E-state index contributed by atoms with van der Waals surface area (Å²) in [6.45, 7) is 7.78. The molecule has 106 valence electrons. The number of hydrogen-bond donors (Lipinski definition) is 1. The molecule has 1 aliphatic heterocycles. The fourth-order valence-electron chi connectivity index (χ4n) is 2.71. The van der Waals surface area contributed by atoms with Crippen molar-refractivity contribution in [3.63, 3.8) is 0 Å². The van der Waals surface area contributed by atoms with Gasteiger partial charge in [-0.1, -0.05) is 30.3 Å². The van der Waals surface area contributed by atoms with E-state index in [1.165, 1.54) is 5.56 Å². The van der Waals surface area contributed by atoms with E-state index >= 15 is 0 Å². The Morgan fingerprint density at radius 2 is 1.95 bits per heavy atom. The molecule has 1 unspecified atom stereocenters. The van der Waals surface area contributed by atoms with Gasteiger partial charge in [-0.3, -0.25) is 9.80 Å². The number of likely N-dealkylation sites (N-methyl/N-ethyl adjacent to an activating group) is 1. The van der Waals surface area contributed by atoms with Gasteiger partial charge in [-0.25, -0.2) is 0 Å². The van der Waals surface area contributed by atoms with Crippen molar-refractivity contribution in [2.24, 2.45) is 0 Å². The Bertz CT molecular complexity index is 391. The van der Waals surface area contributed by atoms with E-state index in [4.69, 9.17) is 0 Å². The van der Waals surface area contributed by atoms with Crippen LogP contribution in [0, 0.1) is 0 Å². The number of rotatable bonds is 3. The van der Waals surface area contributed by atoms with Crippen molar-refractivity contribution in [2.45, 2.75) is 38.4 Å². The predicted octanol–water partition coefficient (Wildman–Crippen LogP) is 1.96. The maximum Gasteiger partial charge on any atom is 0.0599 e. The van der Waals surface area contributed by atoms with Crippen LogP contribution in [0.1, 0.15) is 25.8 Å². The minimum atomic E-state index is 0.175. The molecule has 0 aromatic heterocycles. The first-order valence-corrected chi connectivity index (χ1v) is 7.13. The molecule has 1 saturated heterocycles. The Kier molecular flexibility index (Phi) is 4.61. The Hall–Kier alpha value is -0.900. The molecule has 1 aliphatic rings. The van der Waals surface area contributed by atoms with Gasteiger partial charge in [-0.2, -0.15) is 0 Å². The highest BCUT2D eigenvalue weighted by molar-refractivity contribution is 5.15. The van der Waals surface area contributed by atoms with Gasteiger partial charge in [0.2, 0.25) is 0 Å². The second-order valence-electron chi connectivity index (χ2n) is 6.25. The molecule has 0 bridgehead atoms. The third-order valence-corrected chi connectivity index (χ3v) is 4.41. The molecule has 1 aromatic rings. The van der Waals surface area contributed by atoms with Gasteiger partial charge in [0.25, 0.3) is 0 Å². The molecule has 0 radical (unpaired) electrons. The highest BCUT2D eigenvalue weighted by Crippen LogP contribution is 2.26. The third kappa shape index (κ3) is 3.56. The smallest absolute Gasteiger partial charge is 0.0599 e. The van der Waals surface area contributed by atoms with E-state index < -0.39 is 0 Å². The van der Waals surface area contributed by atoms with Crippen molar-refractivity contribution in [3.8, 4) is 0 Å². The van der Waals surface area contributed by atoms with Gasteiger partial charge in [-0.05, 0) is 32.9 Å². The fourth-order valence-corrected chi connectivity index (χ4v) is 2.71. The van der Waals surface area contributed by atoms with Crippen molar-refractivity contribution >= 4 is 0 Å². The van der Waals surface area contributed by atoms with Crippen LogP contribution in [0.4, 0.5) is 0 Å². The van der Waals surface area contributed by atoms with Crippen molar-refractivity contribution in [3.05, 3.63) is 35.9 Å². The van der Waals surface area contributed by atoms with Crippen LogP contribution in [0.2, 0.25) is 0 Å². The SMILES string of the molecule is CN1CCC(C)(C)N(Cc2ccccc2)CC1CO. The average Bonchev–Trinajstić information content (AvgIpc) is 2.51. The quantitative estimate of drug-likeness (QED) is 0.902. The maximum absolute atomic E-state index is 9.57. The third-order valence-electron chi connectivity index (χ3n) is 4.41. The van der Waals surface area contributed by atoms with Crippen LogP contribution >= 0.6 is 0 Å². The zero-order valence-electron chi connectivity index (χ0n) is 12.3. The molecule has 0 spiro atoms. The molecule has 2 rings (SSSR count). The Morgan fingerprint density at radius 3 is 2.58 bits per heavy atom. The first kappa shape index (κ1) is 14.5. The van der Waals surface area contributed by atoms with E-state index in [0.29, 0.717) is 0 Å². The Balaban J connectivity index is 2.15. The summed E-state index contributed by atoms with van der Waals surface area (Å²) in [5.74, 6) is 0. The number of aliphatic hydroxyl groups excluding tert-OH is 1. The average molecular weight is 262 g/mol. The lowest BCUT2D eigenvalue weighted by molar-refractivity contribution is 0.0867. The standard InChI is InChI=1S/C16H26N2O/c1-16(2)9-10-17(3)15(13-19)12-18(16)11-14-7-5-4-6-8-14/h4-8,15,19H,9-13H2,1-3H3. The van der Waals surface area contributed by atoms with Crippen LogP contribution in [0.15, 0.2) is 30.3 Å². The second kappa shape index (κ2) is 6.04. The maximum atomic E-state index is 9.57. The number of hydrogen-bond acceptors (Lipinski definition) is 3. The van der Waals surface area contributed by atoms with Crippen molar-refractivity contribution in [1.82, 2.24) is 9.80 Å². The monoisotopic (exact) mass is 262 g/mol. The van der Waals surface area contributed by atoms with E-state index in [1.54, 1.807) is 0 Å². The number of aliphatic hydroxyl groups is 1. The molecule has 0 amide bonds. The van der Waals surface area contributed by atoms with E-state index in [2.05, 4.69) is 61.0 Å². The summed E-state index contributed by atoms with van der Waals surface area (Å²) in [6.07, 6.45) is 1.13. The van der Waals surface area contributed by atoms with E-state index in [9.17, 15) is 5.11 Å². The molecule has 1 N–H and O–H groups in total. The van der Waals surface area contributed by atoms with Gasteiger partial charge in [-0.15, -0.1) is 0 Å². The van der Waals surface area contributed by atoms with Gasteiger partial charge in [0, 0.05) is 31.2 Å². The predicted molar refractivity (Wildman–Crippen MR) is 79.1 cm³/mol. The summed E-state index contributed by atoms with van der Waals surface area (Å²) in [7, 11) is 2.11. The summed E-state index contributed by atoms with van der Waals surface area (Å²) < 4.78 is 0. The normalized spacial score (nSPS) is 25.2. The van der Waals surface area contributed by atoms with Gasteiger partial charge in [0.15, 0.2) is 0 Å². The second-order valence-corrected chi connectivity index (χ2v) is 6.25. The Morgan fingerprint density at radius 1 is 1.26 bits per heavy atom. The van der Waals surface area contributed by atoms with E-state index in [0.717, 1.165) is 26.1 Å². The van der Waals surface area contributed by atoms with Crippen LogP contribution in [0.25, 0.3) is 0 Å². The minimum Gasteiger partial charge on any atom is -0.395 e. The van der Waals surface area contributed by atoms with Crippen LogP contribution < -0.4 is 0 Å². The topological polar surface area (TPSA) is 26.7 Å². The molecule has 3 nitrogen and oxygen atoms in total.